The molecule has 2 aromatic carbocycles. The summed E-state index contributed by atoms with van der Waals surface area (Å²) in [5.74, 6) is 0. The summed E-state index contributed by atoms with van der Waals surface area (Å²) in [5.41, 5.74) is 4.97. The first-order chi connectivity index (χ1) is 8.25. The first-order valence-electron chi connectivity index (χ1n) is 5.05. The van der Waals surface area contributed by atoms with E-state index in [4.69, 9.17) is 0 Å². The van der Waals surface area contributed by atoms with Crippen molar-refractivity contribution < 1.29 is 0 Å². The lowest BCUT2D eigenvalue weighted by Crippen LogP contribution is -1.90. The third-order valence-corrected chi connectivity index (χ3v) is 3.40. The Kier molecular flexibility index (Phi) is 4.34. The largest absolute Gasteiger partial charge is 0.279 e. The van der Waals surface area contributed by atoms with E-state index < -0.39 is 0 Å². The maximum atomic E-state index is 4.18. The van der Waals surface area contributed by atoms with Crippen LogP contribution in [0, 0.1) is 0 Å². The second-order valence-electron chi connectivity index (χ2n) is 3.40. The Morgan fingerprint density at radius 1 is 0.941 bits per heavy atom. The van der Waals surface area contributed by atoms with Gasteiger partial charge in [-0.3, -0.25) is 5.43 Å². The molecule has 0 saturated heterocycles. The number of rotatable bonds is 3. The molecular weight excluding hydrogens is 344 g/mol. The average Bonchev–Trinajstić information content (AvgIpc) is 2.34. The van der Waals surface area contributed by atoms with Crippen LogP contribution in [0.2, 0.25) is 0 Å². The lowest BCUT2D eigenvalue weighted by atomic mass is 10.2. The van der Waals surface area contributed by atoms with Crippen LogP contribution in [0.5, 0.6) is 0 Å². The SMILES string of the molecule is Brc1ccc(N/N=C/c2ccccc2Br)cc1. The predicted molar refractivity (Wildman–Crippen MR) is 79.5 cm³/mol. The van der Waals surface area contributed by atoms with Gasteiger partial charge in [-0.05, 0) is 30.3 Å². The van der Waals surface area contributed by atoms with E-state index >= 15 is 0 Å². The highest BCUT2D eigenvalue weighted by Crippen LogP contribution is 2.15. The lowest BCUT2D eigenvalue weighted by Gasteiger charge is -2.00. The summed E-state index contributed by atoms with van der Waals surface area (Å²) in [6.07, 6.45) is 1.78. The Morgan fingerprint density at radius 2 is 1.65 bits per heavy atom. The smallest absolute Gasteiger partial charge is 0.0562 e. The number of nitrogens with zero attached hydrogens (tertiary/aromatic N) is 1. The van der Waals surface area contributed by atoms with E-state index in [0.717, 1.165) is 20.2 Å². The zero-order valence-corrected chi connectivity index (χ0v) is 12.1. The standard InChI is InChI=1S/C13H10Br2N2/c14-11-5-7-12(8-6-11)17-16-9-10-3-1-2-4-13(10)15/h1-9,17H/b16-9+. The Morgan fingerprint density at radius 3 is 2.35 bits per heavy atom. The minimum absolute atomic E-state index is 0.955. The van der Waals surface area contributed by atoms with Crippen LogP contribution in [0.1, 0.15) is 5.56 Å². The number of hydrogen-bond donors (Lipinski definition) is 1. The van der Waals surface area contributed by atoms with Gasteiger partial charge in [0.25, 0.3) is 0 Å². The van der Waals surface area contributed by atoms with Gasteiger partial charge in [0.1, 0.15) is 0 Å². The summed E-state index contributed by atoms with van der Waals surface area (Å²) < 4.78 is 2.08. The highest BCUT2D eigenvalue weighted by molar-refractivity contribution is 9.10. The van der Waals surface area contributed by atoms with Crippen molar-refractivity contribution in [2.75, 3.05) is 5.43 Å². The van der Waals surface area contributed by atoms with Gasteiger partial charge in [0.15, 0.2) is 0 Å². The molecule has 0 amide bonds. The van der Waals surface area contributed by atoms with Crippen molar-refractivity contribution in [3.8, 4) is 0 Å². The summed E-state index contributed by atoms with van der Waals surface area (Å²) in [6, 6.07) is 15.8. The van der Waals surface area contributed by atoms with E-state index in [1.807, 2.05) is 48.5 Å². The molecule has 0 aromatic heterocycles. The second-order valence-corrected chi connectivity index (χ2v) is 5.17. The van der Waals surface area contributed by atoms with Crippen molar-refractivity contribution in [3.63, 3.8) is 0 Å². The van der Waals surface area contributed by atoms with Gasteiger partial charge >= 0.3 is 0 Å². The fraction of sp³-hybridized carbons (Fsp3) is 0. The molecule has 0 aliphatic heterocycles. The van der Waals surface area contributed by atoms with E-state index in [1.165, 1.54) is 0 Å². The molecule has 86 valence electrons. The number of hydrogen-bond acceptors (Lipinski definition) is 2. The molecule has 0 saturated carbocycles. The third-order valence-electron chi connectivity index (χ3n) is 2.15. The normalized spacial score (nSPS) is 10.7. The zero-order valence-electron chi connectivity index (χ0n) is 8.90. The van der Waals surface area contributed by atoms with Crippen LogP contribution in [0.4, 0.5) is 5.69 Å². The molecule has 0 spiro atoms. The fourth-order valence-electron chi connectivity index (χ4n) is 1.28. The highest BCUT2D eigenvalue weighted by Gasteiger charge is 1.93. The van der Waals surface area contributed by atoms with E-state index in [2.05, 4.69) is 42.4 Å². The Bertz CT molecular complexity index is 521. The van der Waals surface area contributed by atoms with Crippen molar-refractivity contribution in [2.24, 2.45) is 5.10 Å². The molecule has 0 unspecified atom stereocenters. The van der Waals surface area contributed by atoms with Crippen LogP contribution < -0.4 is 5.43 Å². The fourth-order valence-corrected chi connectivity index (χ4v) is 1.93. The number of hydrazone groups is 1. The maximum absolute atomic E-state index is 4.18. The Hall–Kier alpha value is -1.13. The summed E-state index contributed by atoms with van der Waals surface area (Å²) in [4.78, 5) is 0. The monoisotopic (exact) mass is 352 g/mol. The first-order valence-corrected chi connectivity index (χ1v) is 6.63. The van der Waals surface area contributed by atoms with E-state index in [1.54, 1.807) is 6.21 Å². The van der Waals surface area contributed by atoms with E-state index in [0.29, 0.717) is 0 Å². The Labute approximate surface area is 117 Å². The molecule has 0 aliphatic rings. The molecule has 0 atom stereocenters. The molecule has 17 heavy (non-hydrogen) atoms. The van der Waals surface area contributed by atoms with Crippen molar-refractivity contribution in [3.05, 3.63) is 63.0 Å². The molecule has 0 bridgehead atoms. The van der Waals surface area contributed by atoms with Crippen molar-refractivity contribution >= 4 is 43.8 Å². The van der Waals surface area contributed by atoms with E-state index in [-0.39, 0.29) is 0 Å². The molecule has 0 heterocycles. The van der Waals surface area contributed by atoms with Crippen LogP contribution in [0.15, 0.2) is 62.6 Å². The summed E-state index contributed by atoms with van der Waals surface area (Å²) in [5, 5.41) is 4.18. The van der Waals surface area contributed by atoms with E-state index in [9.17, 15) is 0 Å². The minimum atomic E-state index is 0.955. The van der Waals surface area contributed by atoms with Crippen LogP contribution in [-0.2, 0) is 0 Å². The van der Waals surface area contributed by atoms with Crippen molar-refractivity contribution in [1.82, 2.24) is 0 Å². The number of anilines is 1. The average molecular weight is 354 g/mol. The van der Waals surface area contributed by atoms with Gasteiger partial charge in [-0.1, -0.05) is 50.1 Å². The molecule has 1 N–H and O–H groups in total. The zero-order chi connectivity index (χ0) is 12.1. The number of halogens is 2. The summed E-state index contributed by atoms with van der Waals surface area (Å²) in [6.45, 7) is 0. The van der Waals surface area contributed by atoms with Crippen LogP contribution in [0.25, 0.3) is 0 Å². The summed E-state index contributed by atoms with van der Waals surface area (Å²) in [7, 11) is 0. The first kappa shape index (κ1) is 12.3. The Balaban J connectivity index is 2.03. The molecule has 2 aromatic rings. The van der Waals surface area contributed by atoms with Gasteiger partial charge in [-0.15, -0.1) is 0 Å². The van der Waals surface area contributed by atoms with Crippen LogP contribution >= 0.6 is 31.9 Å². The maximum Gasteiger partial charge on any atom is 0.0562 e. The third kappa shape index (κ3) is 3.68. The van der Waals surface area contributed by atoms with Gasteiger partial charge in [0, 0.05) is 14.5 Å². The number of benzene rings is 2. The van der Waals surface area contributed by atoms with Crippen LogP contribution in [-0.4, -0.2) is 6.21 Å². The molecule has 4 heteroatoms. The van der Waals surface area contributed by atoms with Gasteiger partial charge in [-0.2, -0.15) is 5.10 Å². The lowest BCUT2D eigenvalue weighted by molar-refractivity contribution is 1.34. The molecule has 0 aliphatic carbocycles. The predicted octanol–water partition coefficient (Wildman–Crippen LogP) is 4.66. The van der Waals surface area contributed by atoms with Crippen LogP contribution in [0.3, 0.4) is 0 Å². The molecule has 2 nitrogen and oxygen atoms in total. The number of nitrogens with one attached hydrogen (secondary N) is 1. The topological polar surface area (TPSA) is 24.4 Å². The van der Waals surface area contributed by atoms with Gasteiger partial charge in [0.05, 0.1) is 11.9 Å². The second kappa shape index (κ2) is 5.98. The molecular formula is C13H10Br2N2. The summed E-state index contributed by atoms with van der Waals surface area (Å²) >= 11 is 6.85. The molecule has 0 radical (unpaired) electrons. The minimum Gasteiger partial charge on any atom is -0.279 e. The van der Waals surface area contributed by atoms with Gasteiger partial charge in [0.2, 0.25) is 0 Å². The van der Waals surface area contributed by atoms with Crippen molar-refractivity contribution in [2.45, 2.75) is 0 Å². The molecule has 2 rings (SSSR count). The molecule has 0 fully saturated rings. The van der Waals surface area contributed by atoms with Gasteiger partial charge < -0.3 is 0 Å². The quantitative estimate of drug-likeness (QED) is 0.630. The van der Waals surface area contributed by atoms with Gasteiger partial charge in [-0.25, -0.2) is 0 Å². The van der Waals surface area contributed by atoms with Crippen molar-refractivity contribution in [1.29, 1.82) is 0 Å². The highest BCUT2D eigenvalue weighted by atomic mass is 79.9.